The van der Waals surface area contributed by atoms with Gasteiger partial charge in [-0.05, 0) is 42.7 Å². The molecule has 0 aromatic rings. The van der Waals surface area contributed by atoms with Crippen LogP contribution < -0.4 is 0 Å². The van der Waals surface area contributed by atoms with E-state index in [4.69, 9.17) is 0 Å². The maximum absolute atomic E-state index is 3.89. The topological polar surface area (TPSA) is 0 Å². The molecule has 0 aromatic carbocycles. The SMILES string of the molecule is C=C/C(C)=C(\C=C)CCC(CC)C(C)CC. The van der Waals surface area contributed by atoms with Crippen LogP contribution in [0, 0.1) is 11.8 Å². The van der Waals surface area contributed by atoms with Crippen LogP contribution in [0.2, 0.25) is 0 Å². The van der Waals surface area contributed by atoms with Crippen LogP contribution in [0.1, 0.15) is 53.4 Å². The first-order valence-corrected chi connectivity index (χ1v) is 6.55. The Morgan fingerprint density at radius 2 is 1.75 bits per heavy atom. The van der Waals surface area contributed by atoms with Gasteiger partial charge in [0.2, 0.25) is 0 Å². The molecule has 0 spiro atoms. The summed E-state index contributed by atoms with van der Waals surface area (Å²) in [6.07, 6.45) is 8.91. The molecule has 0 aliphatic carbocycles. The highest BCUT2D eigenvalue weighted by Crippen LogP contribution is 2.26. The normalized spacial score (nSPS) is 16.2. The van der Waals surface area contributed by atoms with E-state index in [0.29, 0.717) is 0 Å². The highest BCUT2D eigenvalue weighted by molar-refractivity contribution is 5.29. The summed E-state index contributed by atoms with van der Waals surface area (Å²) < 4.78 is 0. The quantitative estimate of drug-likeness (QED) is 0.472. The summed E-state index contributed by atoms with van der Waals surface area (Å²) in [5, 5.41) is 0. The number of rotatable bonds is 8. The molecule has 0 nitrogen and oxygen atoms in total. The van der Waals surface area contributed by atoms with Crippen LogP contribution in [0.5, 0.6) is 0 Å². The molecule has 0 N–H and O–H groups in total. The largest absolute Gasteiger partial charge is 0.0988 e. The van der Waals surface area contributed by atoms with Crippen LogP contribution in [-0.2, 0) is 0 Å². The van der Waals surface area contributed by atoms with Gasteiger partial charge in [0.05, 0.1) is 0 Å². The summed E-state index contributed by atoms with van der Waals surface area (Å²) in [7, 11) is 0. The van der Waals surface area contributed by atoms with Crippen LogP contribution in [0.25, 0.3) is 0 Å². The minimum Gasteiger partial charge on any atom is -0.0988 e. The third-order valence-electron chi connectivity index (χ3n) is 3.82. The van der Waals surface area contributed by atoms with Crippen molar-refractivity contribution < 1.29 is 0 Å². The summed E-state index contributed by atoms with van der Waals surface area (Å²) in [6.45, 7) is 16.8. The predicted molar refractivity (Wildman–Crippen MR) is 75.6 cm³/mol. The molecule has 2 unspecified atom stereocenters. The van der Waals surface area contributed by atoms with Gasteiger partial charge in [-0.3, -0.25) is 0 Å². The first-order valence-electron chi connectivity index (χ1n) is 6.55. The molecule has 0 rings (SSSR count). The van der Waals surface area contributed by atoms with E-state index in [0.717, 1.165) is 18.3 Å². The van der Waals surface area contributed by atoms with E-state index in [9.17, 15) is 0 Å². The molecule has 0 heterocycles. The predicted octanol–water partition coefficient (Wildman–Crippen LogP) is 5.53. The molecule has 0 amide bonds. The molecule has 0 saturated carbocycles. The first kappa shape index (κ1) is 15.2. The Morgan fingerprint density at radius 3 is 2.12 bits per heavy atom. The van der Waals surface area contributed by atoms with Gasteiger partial charge in [0.1, 0.15) is 0 Å². The van der Waals surface area contributed by atoms with E-state index >= 15 is 0 Å². The van der Waals surface area contributed by atoms with E-state index in [1.165, 1.54) is 30.4 Å². The van der Waals surface area contributed by atoms with Gasteiger partial charge in [0, 0.05) is 0 Å². The van der Waals surface area contributed by atoms with Crippen molar-refractivity contribution >= 4 is 0 Å². The lowest BCUT2D eigenvalue weighted by Crippen LogP contribution is -2.10. The molecule has 92 valence electrons. The van der Waals surface area contributed by atoms with Crippen LogP contribution in [0.4, 0.5) is 0 Å². The van der Waals surface area contributed by atoms with E-state index in [1.54, 1.807) is 0 Å². The van der Waals surface area contributed by atoms with E-state index < -0.39 is 0 Å². The second kappa shape index (κ2) is 8.38. The zero-order valence-corrected chi connectivity index (χ0v) is 11.6. The van der Waals surface area contributed by atoms with Gasteiger partial charge in [0.25, 0.3) is 0 Å². The van der Waals surface area contributed by atoms with Crippen LogP contribution in [-0.4, -0.2) is 0 Å². The van der Waals surface area contributed by atoms with Crippen molar-refractivity contribution in [1.29, 1.82) is 0 Å². The molecule has 0 radical (unpaired) electrons. The van der Waals surface area contributed by atoms with E-state index in [2.05, 4.69) is 40.9 Å². The van der Waals surface area contributed by atoms with Crippen LogP contribution in [0.15, 0.2) is 36.5 Å². The van der Waals surface area contributed by atoms with Gasteiger partial charge < -0.3 is 0 Å². The second-order valence-electron chi connectivity index (χ2n) is 4.71. The highest BCUT2D eigenvalue weighted by atomic mass is 14.2. The monoisotopic (exact) mass is 220 g/mol. The molecule has 16 heavy (non-hydrogen) atoms. The van der Waals surface area contributed by atoms with Crippen LogP contribution in [0.3, 0.4) is 0 Å². The summed E-state index contributed by atoms with van der Waals surface area (Å²) in [6, 6.07) is 0. The number of allylic oxidation sites excluding steroid dienone is 4. The fourth-order valence-corrected chi connectivity index (χ4v) is 2.16. The van der Waals surface area contributed by atoms with Crippen LogP contribution >= 0.6 is 0 Å². The molecule has 2 atom stereocenters. The van der Waals surface area contributed by atoms with Gasteiger partial charge in [-0.25, -0.2) is 0 Å². The van der Waals surface area contributed by atoms with Crippen molar-refractivity contribution in [1.82, 2.24) is 0 Å². The minimum absolute atomic E-state index is 0.833. The number of hydrogen-bond donors (Lipinski definition) is 0. The summed E-state index contributed by atoms with van der Waals surface area (Å²) >= 11 is 0. The van der Waals surface area contributed by atoms with Gasteiger partial charge in [-0.15, -0.1) is 0 Å². The molecule has 0 aliphatic heterocycles. The molecule has 0 aliphatic rings. The Bertz CT molecular complexity index is 245. The number of hydrogen-bond acceptors (Lipinski definition) is 0. The average molecular weight is 220 g/mol. The molecule has 0 saturated heterocycles. The van der Waals surface area contributed by atoms with Crippen molar-refractivity contribution in [3.05, 3.63) is 36.5 Å². The Labute approximate surface area is 102 Å². The molecule has 0 bridgehead atoms. The molecule has 0 aromatic heterocycles. The fourth-order valence-electron chi connectivity index (χ4n) is 2.16. The average Bonchev–Trinajstić information content (AvgIpc) is 2.33. The maximum atomic E-state index is 3.89. The molecular formula is C16H28. The van der Waals surface area contributed by atoms with E-state index in [-0.39, 0.29) is 0 Å². The third kappa shape index (κ3) is 4.83. The Kier molecular flexibility index (Phi) is 7.97. The van der Waals surface area contributed by atoms with Crippen molar-refractivity contribution in [3.8, 4) is 0 Å². The third-order valence-corrected chi connectivity index (χ3v) is 3.82. The zero-order valence-electron chi connectivity index (χ0n) is 11.6. The Morgan fingerprint density at radius 1 is 1.12 bits per heavy atom. The first-order chi connectivity index (χ1) is 7.60. The molecule has 0 fully saturated rings. The molecule has 0 heteroatoms. The Balaban J connectivity index is 4.40. The van der Waals surface area contributed by atoms with Crippen molar-refractivity contribution in [3.63, 3.8) is 0 Å². The summed E-state index contributed by atoms with van der Waals surface area (Å²) in [5.41, 5.74) is 2.63. The van der Waals surface area contributed by atoms with E-state index in [1.807, 2.05) is 12.2 Å². The van der Waals surface area contributed by atoms with Gasteiger partial charge in [-0.1, -0.05) is 58.9 Å². The fraction of sp³-hybridized carbons (Fsp3) is 0.625. The zero-order chi connectivity index (χ0) is 12.6. The van der Waals surface area contributed by atoms with Gasteiger partial charge in [0.15, 0.2) is 0 Å². The maximum Gasteiger partial charge on any atom is -0.0274 e. The van der Waals surface area contributed by atoms with Crippen molar-refractivity contribution in [2.24, 2.45) is 11.8 Å². The van der Waals surface area contributed by atoms with Gasteiger partial charge >= 0.3 is 0 Å². The summed E-state index contributed by atoms with van der Waals surface area (Å²) in [4.78, 5) is 0. The lowest BCUT2D eigenvalue weighted by Gasteiger charge is -2.21. The second-order valence-corrected chi connectivity index (χ2v) is 4.71. The Hall–Kier alpha value is -0.780. The van der Waals surface area contributed by atoms with Crippen molar-refractivity contribution in [2.75, 3.05) is 0 Å². The van der Waals surface area contributed by atoms with Crippen molar-refractivity contribution in [2.45, 2.75) is 53.4 Å². The highest BCUT2D eigenvalue weighted by Gasteiger charge is 2.13. The molecular weight excluding hydrogens is 192 g/mol. The minimum atomic E-state index is 0.833. The lowest BCUT2D eigenvalue weighted by molar-refractivity contribution is 0.318. The lowest BCUT2D eigenvalue weighted by atomic mass is 9.84. The summed E-state index contributed by atoms with van der Waals surface area (Å²) in [5.74, 6) is 1.68. The van der Waals surface area contributed by atoms with Gasteiger partial charge in [-0.2, -0.15) is 0 Å². The smallest absolute Gasteiger partial charge is 0.0274 e. The standard InChI is InChI=1S/C16H28/c1-7-13(5)15(9-3)11-12-16(10-4)14(6)8-2/h7,9,14,16H,1,3,8,10-12H2,2,4-6H3/b15-13+.